The molecule has 4 heteroatoms. The molecule has 0 radical (unpaired) electrons. The summed E-state index contributed by atoms with van der Waals surface area (Å²) in [5.74, 6) is 1.17. The topological polar surface area (TPSA) is 38.7 Å². The zero-order chi connectivity index (χ0) is 14.8. The minimum atomic E-state index is -0.624. The van der Waals surface area contributed by atoms with Gasteiger partial charge in [0.15, 0.2) is 11.5 Å². The number of aliphatic hydroxyl groups is 1. The first-order chi connectivity index (χ1) is 10.1. The summed E-state index contributed by atoms with van der Waals surface area (Å²) in [6.07, 6.45) is -0.0861. The summed E-state index contributed by atoms with van der Waals surface area (Å²) < 4.78 is 11.0. The summed E-state index contributed by atoms with van der Waals surface area (Å²) in [4.78, 5) is 0. The summed E-state index contributed by atoms with van der Waals surface area (Å²) in [7, 11) is 0. The van der Waals surface area contributed by atoms with Crippen molar-refractivity contribution in [2.75, 3.05) is 13.2 Å². The predicted molar refractivity (Wildman–Crippen MR) is 82.3 cm³/mol. The highest BCUT2D eigenvalue weighted by Crippen LogP contribution is 2.40. The molecule has 0 aliphatic carbocycles. The Morgan fingerprint density at radius 2 is 1.86 bits per heavy atom. The summed E-state index contributed by atoms with van der Waals surface area (Å²) in [6.45, 7) is 3.04. The lowest BCUT2D eigenvalue weighted by molar-refractivity contribution is 0.164. The van der Waals surface area contributed by atoms with Crippen molar-refractivity contribution in [1.29, 1.82) is 0 Å². The Hall–Kier alpha value is -1.71. The number of rotatable bonds is 3. The van der Waals surface area contributed by atoms with Gasteiger partial charge in [0.2, 0.25) is 0 Å². The second-order valence-corrected chi connectivity index (χ2v) is 5.64. The Morgan fingerprint density at radius 3 is 2.62 bits per heavy atom. The second kappa shape index (κ2) is 5.96. The Labute approximate surface area is 129 Å². The molecule has 21 heavy (non-hydrogen) atoms. The van der Waals surface area contributed by atoms with Crippen molar-refractivity contribution in [2.24, 2.45) is 0 Å². The van der Waals surface area contributed by atoms with Crippen LogP contribution in [0.2, 0.25) is 5.02 Å². The number of fused-ring (bicyclic) bond motifs is 1. The Balaban J connectivity index is 1.82. The van der Waals surface area contributed by atoms with E-state index in [4.69, 9.17) is 21.1 Å². The first-order valence-corrected chi connectivity index (χ1v) is 7.34. The molecule has 1 atom stereocenters. The Kier molecular flexibility index (Phi) is 4.04. The molecular weight excluding hydrogens is 288 g/mol. The van der Waals surface area contributed by atoms with Crippen molar-refractivity contribution in [3.05, 3.63) is 58.1 Å². The molecule has 2 aromatic rings. The number of halogens is 1. The largest absolute Gasteiger partial charge is 0.486 e. The van der Waals surface area contributed by atoms with Crippen LogP contribution >= 0.6 is 11.6 Å². The fourth-order valence-electron chi connectivity index (χ4n) is 2.39. The minimum Gasteiger partial charge on any atom is -0.486 e. The summed E-state index contributed by atoms with van der Waals surface area (Å²) in [6, 6.07) is 11.7. The molecule has 0 spiro atoms. The third-order valence-electron chi connectivity index (χ3n) is 3.55. The lowest BCUT2D eigenvalue weighted by Crippen LogP contribution is -2.16. The number of benzene rings is 2. The van der Waals surface area contributed by atoms with Crippen LogP contribution in [-0.4, -0.2) is 18.3 Å². The van der Waals surface area contributed by atoms with Crippen LogP contribution in [0.5, 0.6) is 11.5 Å². The molecular formula is C17H17ClO3. The van der Waals surface area contributed by atoms with Crippen molar-refractivity contribution >= 4 is 11.6 Å². The summed E-state index contributed by atoms with van der Waals surface area (Å²) >= 11 is 6.20. The molecule has 1 N–H and O–H groups in total. The average molecular weight is 305 g/mol. The molecule has 0 saturated heterocycles. The van der Waals surface area contributed by atoms with Crippen molar-refractivity contribution < 1.29 is 14.6 Å². The molecule has 2 aromatic carbocycles. The van der Waals surface area contributed by atoms with Crippen molar-refractivity contribution in [3.63, 3.8) is 0 Å². The highest BCUT2D eigenvalue weighted by Gasteiger charge is 2.19. The van der Waals surface area contributed by atoms with Gasteiger partial charge in [-0.2, -0.15) is 0 Å². The highest BCUT2D eigenvalue weighted by atomic mass is 35.5. The fraction of sp³-hybridized carbons (Fsp3) is 0.294. The Morgan fingerprint density at radius 1 is 1.14 bits per heavy atom. The average Bonchev–Trinajstić information content (AvgIpc) is 2.49. The van der Waals surface area contributed by atoms with Crippen LogP contribution in [0.25, 0.3) is 0 Å². The fourth-order valence-corrected chi connectivity index (χ4v) is 2.66. The van der Waals surface area contributed by atoms with Gasteiger partial charge in [-0.05, 0) is 30.2 Å². The molecule has 3 nitrogen and oxygen atoms in total. The van der Waals surface area contributed by atoms with Gasteiger partial charge >= 0.3 is 0 Å². The molecule has 0 saturated carbocycles. The summed E-state index contributed by atoms with van der Waals surface area (Å²) in [5, 5.41) is 10.9. The van der Waals surface area contributed by atoms with Gasteiger partial charge in [0.1, 0.15) is 13.2 Å². The number of hydrogen-bond donors (Lipinski definition) is 1. The molecule has 0 amide bonds. The number of hydrogen-bond acceptors (Lipinski definition) is 3. The second-order valence-electron chi connectivity index (χ2n) is 5.23. The van der Waals surface area contributed by atoms with Crippen LogP contribution in [0.3, 0.4) is 0 Å². The molecule has 1 aliphatic rings. The Bertz CT molecular complexity index is 637. The van der Waals surface area contributed by atoms with Gasteiger partial charge in [0, 0.05) is 6.42 Å². The van der Waals surface area contributed by atoms with Gasteiger partial charge < -0.3 is 14.6 Å². The van der Waals surface area contributed by atoms with Crippen LogP contribution < -0.4 is 9.47 Å². The lowest BCUT2D eigenvalue weighted by atomic mass is 10.00. The van der Waals surface area contributed by atoms with E-state index >= 15 is 0 Å². The first-order valence-electron chi connectivity index (χ1n) is 6.96. The minimum absolute atomic E-state index is 0.477. The smallest absolute Gasteiger partial charge is 0.179 e. The van der Waals surface area contributed by atoms with Gasteiger partial charge in [-0.25, -0.2) is 0 Å². The van der Waals surface area contributed by atoms with Crippen LogP contribution in [-0.2, 0) is 6.42 Å². The van der Waals surface area contributed by atoms with Crippen molar-refractivity contribution in [3.8, 4) is 11.5 Å². The van der Waals surface area contributed by atoms with E-state index in [1.54, 1.807) is 12.1 Å². The first kappa shape index (κ1) is 14.2. The monoisotopic (exact) mass is 304 g/mol. The van der Waals surface area contributed by atoms with Crippen molar-refractivity contribution in [2.45, 2.75) is 19.4 Å². The lowest BCUT2D eigenvalue weighted by Gasteiger charge is -2.21. The molecule has 3 rings (SSSR count). The quantitative estimate of drug-likeness (QED) is 0.940. The number of aliphatic hydroxyl groups excluding tert-OH is 1. The zero-order valence-electron chi connectivity index (χ0n) is 11.8. The van der Waals surface area contributed by atoms with Gasteiger partial charge in [-0.15, -0.1) is 0 Å². The molecule has 1 aliphatic heterocycles. The molecule has 0 bridgehead atoms. The third-order valence-corrected chi connectivity index (χ3v) is 3.83. The van der Waals surface area contributed by atoms with E-state index in [2.05, 4.69) is 0 Å². The van der Waals surface area contributed by atoms with Gasteiger partial charge in [-0.1, -0.05) is 41.4 Å². The molecule has 1 heterocycles. The van der Waals surface area contributed by atoms with Crippen molar-refractivity contribution in [1.82, 2.24) is 0 Å². The summed E-state index contributed by atoms with van der Waals surface area (Å²) in [5.41, 5.74) is 3.03. The van der Waals surface area contributed by atoms with E-state index in [0.717, 1.165) is 11.1 Å². The van der Waals surface area contributed by atoms with Crippen LogP contribution in [0.15, 0.2) is 36.4 Å². The van der Waals surface area contributed by atoms with Crippen LogP contribution in [0, 0.1) is 6.92 Å². The predicted octanol–water partition coefficient (Wildman–Crippen LogP) is 3.70. The molecule has 1 unspecified atom stereocenters. The van der Waals surface area contributed by atoms with E-state index in [9.17, 15) is 5.11 Å². The van der Waals surface area contributed by atoms with Crippen LogP contribution in [0.4, 0.5) is 0 Å². The van der Waals surface area contributed by atoms with Gasteiger partial charge in [0.05, 0.1) is 11.1 Å². The standard InChI is InChI=1S/C17H17ClO3/c1-11-2-4-12(5-3-11)8-15(19)13-9-14(18)17-16(10-13)20-6-7-21-17/h2-5,9-10,15,19H,6-8H2,1H3. The van der Waals surface area contributed by atoms with E-state index in [0.29, 0.717) is 36.2 Å². The molecule has 0 fully saturated rings. The van der Waals surface area contributed by atoms with Gasteiger partial charge in [-0.3, -0.25) is 0 Å². The number of aryl methyl sites for hydroxylation is 1. The maximum absolute atomic E-state index is 10.4. The van der Waals surface area contributed by atoms with E-state index in [-0.39, 0.29) is 0 Å². The highest BCUT2D eigenvalue weighted by molar-refractivity contribution is 6.32. The van der Waals surface area contributed by atoms with E-state index in [1.165, 1.54) is 5.56 Å². The van der Waals surface area contributed by atoms with E-state index in [1.807, 2.05) is 31.2 Å². The molecule has 110 valence electrons. The zero-order valence-corrected chi connectivity index (χ0v) is 12.6. The normalized spacial score (nSPS) is 14.8. The van der Waals surface area contributed by atoms with Gasteiger partial charge in [0.25, 0.3) is 0 Å². The SMILES string of the molecule is Cc1ccc(CC(O)c2cc(Cl)c3c(c2)OCCO3)cc1. The number of ether oxygens (including phenoxy) is 2. The van der Waals surface area contributed by atoms with Crippen LogP contribution in [0.1, 0.15) is 22.8 Å². The molecule has 0 aromatic heterocycles. The maximum Gasteiger partial charge on any atom is 0.179 e. The van der Waals surface area contributed by atoms with E-state index < -0.39 is 6.10 Å². The maximum atomic E-state index is 10.4. The third kappa shape index (κ3) is 3.14.